The van der Waals surface area contributed by atoms with Crippen LogP contribution in [0.15, 0.2) is 18.5 Å². The van der Waals surface area contributed by atoms with E-state index in [0.29, 0.717) is 5.69 Å². The zero-order valence-corrected chi connectivity index (χ0v) is 9.30. The van der Waals surface area contributed by atoms with E-state index in [1.807, 2.05) is 12.3 Å². The first kappa shape index (κ1) is 9.45. The summed E-state index contributed by atoms with van der Waals surface area (Å²) in [6.45, 7) is 4.43. The number of anilines is 2. The van der Waals surface area contributed by atoms with Gasteiger partial charge < -0.3 is 10.6 Å². The first-order chi connectivity index (χ1) is 7.74. The number of hydrogen-bond donors (Lipinski definition) is 1. The molecule has 84 valence electrons. The molecule has 16 heavy (non-hydrogen) atoms. The van der Waals surface area contributed by atoms with Crippen LogP contribution in [-0.2, 0) is 0 Å². The second kappa shape index (κ2) is 3.37. The second-order valence-electron chi connectivity index (χ2n) is 4.49. The van der Waals surface area contributed by atoms with Crippen LogP contribution in [0.5, 0.6) is 0 Å². The van der Waals surface area contributed by atoms with Crippen molar-refractivity contribution in [1.82, 2.24) is 14.6 Å². The first-order valence-corrected chi connectivity index (χ1v) is 5.59. The minimum Gasteiger partial charge on any atom is -0.394 e. The summed E-state index contributed by atoms with van der Waals surface area (Å²) in [7, 11) is 0. The number of fused-ring (bicyclic) bond motifs is 1. The molecule has 0 aliphatic carbocycles. The lowest BCUT2D eigenvalue weighted by Crippen LogP contribution is -2.20. The molecular formula is C11H15N5. The summed E-state index contributed by atoms with van der Waals surface area (Å²) in [6, 6.07) is 2.00. The van der Waals surface area contributed by atoms with Gasteiger partial charge in [-0.25, -0.2) is 9.50 Å². The lowest BCUT2D eigenvalue weighted by Gasteiger charge is -2.16. The minimum atomic E-state index is 0.633. The summed E-state index contributed by atoms with van der Waals surface area (Å²) in [5.74, 6) is 1.75. The molecular weight excluding hydrogens is 202 g/mol. The maximum atomic E-state index is 5.81. The normalized spacial score (nSPS) is 20.8. The molecule has 1 aliphatic heterocycles. The van der Waals surface area contributed by atoms with E-state index in [2.05, 4.69) is 21.9 Å². The molecule has 1 aliphatic rings. The third kappa shape index (κ3) is 1.39. The van der Waals surface area contributed by atoms with Gasteiger partial charge in [0.05, 0.1) is 11.9 Å². The van der Waals surface area contributed by atoms with Crippen LogP contribution in [0.3, 0.4) is 0 Å². The number of rotatable bonds is 1. The second-order valence-corrected chi connectivity index (χ2v) is 4.49. The molecule has 0 aromatic carbocycles. The highest BCUT2D eigenvalue weighted by Crippen LogP contribution is 2.22. The van der Waals surface area contributed by atoms with Crippen LogP contribution in [0.25, 0.3) is 5.65 Å². The molecule has 1 saturated heterocycles. The predicted octanol–water partition coefficient (Wildman–Crippen LogP) is 1.16. The Kier molecular flexibility index (Phi) is 1.99. The molecule has 0 spiro atoms. The van der Waals surface area contributed by atoms with Gasteiger partial charge in [0, 0.05) is 19.3 Å². The summed E-state index contributed by atoms with van der Waals surface area (Å²) in [6.07, 6.45) is 4.79. The molecule has 1 atom stereocenters. The Hall–Kier alpha value is -1.78. The molecule has 0 radical (unpaired) electrons. The van der Waals surface area contributed by atoms with Crippen LogP contribution in [0.4, 0.5) is 11.5 Å². The highest BCUT2D eigenvalue weighted by Gasteiger charge is 2.20. The van der Waals surface area contributed by atoms with Gasteiger partial charge in [0.1, 0.15) is 5.82 Å². The maximum Gasteiger partial charge on any atom is 0.180 e. The van der Waals surface area contributed by atoms with E-state index in [4.69, 9.17) is 5.73 Å². The largest absolute Gasteiger partial charge is 0.394 e. The molecule has 3 rings (SSSR count). The van der Waals surface area contributed by atoms with Crippen LogP contribution in [0.1, 0.15) is 13.3 Å². The van der Waals surface area contributed by atoms with Crippen molar-refractivity contribution in [2.45, 2.75) is 13.3 Å². The Morgan fingerprint density at radius 3 is 3.12 bits per heavy atom. The fourth-order valence-corrected chi connectivity index (χ4v) is 2.20. The zero-order valence-electron chi connectivity index (χ0n) is 9.30. The highest BCUT2D eigenvalue weighted by atomic mass is 15.3. The summed E-state index contributed by atoms with van der Waals surface area (Å²) in [5.41, 5.74) is 7.19. The third-order valence-corrected chi connectivity index (χ3v) is 3.13. The number of aromatic nitrogens is 3. The van der Waals surface area contributed by atoms with E-state index in [1.165, 1.54) is 6.42 Å². The van der Waals surface area contributed by atoms with E-state index >= 15 is 0 Å². The molecule has 3 heterocycles. The van der Waals surface area contributed by atoms with E-state index < -0.39 is 0 Å². The molecule has 0 amide bonds. The third-order valence-electron chi connectivity index (χ3n) is 3.13. The van der Waals surface area contributed by atoms with Gasteiger partial charge in [0.15, 0.2) is 5.65 Å². The van der Waals surface area contributed by atoms with Crippen molar-refractivity contribution < 1.29 is 0 Å². The van der Waals surface area contributed by atoms with Gasteiger partial charge in [-0.1, -0.05) is 6.92 Å². The lowest BCUT2D eigenvalue weighted by molar-refractivity contribution is 0.659. The smallest absolute Gasteiger partial charge is 0.180 e. The van der Waals surface area contributed by atoms with Gasteiger partial charge in [-0.2, -0.15) is 5.10 Å². The molecule has 0 bridgehead atoms. The first-order valence-electron chi connectivity index (χ1n) is 5.59. The Labute approximate surface area is 93.9 Å². The van der Waals surface area contributed by atoms with Crippen LogP contribution < -0.4 is 10.6 Å². The quantitative estimate of drug-likeness (QED) is 0.778. The Balaban J connectivity index is 2.01. The van der Waals surface area contributed by atoms with Crippen molar-refractivity contribution in [2.75, 3.05) is 23.7 Å². The maximum absolute atomic E-state index is 5.81. The van der Waals surface area contributed by atoms with E-state index in [-0.39, 0.29) is 0 Å². The van der Waals surface area contributed by atoms with Gasteiger partial charge in [-0.05, 0) is 18.4 Å². The molecule has 2 aromatic rings. The monoisotopic (exact) mass is 217 g/mol. The molecule has 1 unspecified atom stereocenters. The van der Waals surface area contributed by atoms with E-state index in [0.717, 1.165) is 30.5 Å². The van der Waals surface area contributed by atoms with Gasteiger partial charge in [0.2, 0.25) is 0 Å². The van der Waals surface area contributed by atoms with Crippen molar-refractivity contribution in [2.24, 2.45) is 5.92 Å². The zero-order chi connectivity index (χ0) is 11.1. The molecule has 2 N–H and O–H groups in total. The predicted molar refractivity (Wildman–Crippen MR) is 63.4 cm³/mol. The van der Waals surface area contributed by atoms with Crippen molar-refractivity contribution >= 4 is 17.2 Å². The summed E-state index contributed by atoms with van der Waals surface area (Å²) < 4.78 is 1.71. The van der Waals surface area contributed by atoms with Crippen LogP contribution in [0.2, 0.25) is 0 Å². The van der Waals surface area contributed by atoms with Crippen LogP contribution >= 0.6 is 0 Å². The molecule has 2 aromatic heterocycles. The van der Waals surface area contributed by atoms with Crippen LogP contribution in [0, 0.1) is 5.92 Å². The van der Waals surface area contributed by atoms with Crippen molar-refractivity contribution in [3.63, 3.8) is 0 Å². The summed E-state index contributed by atoms with van der Waals surface area (Å²) >= 11 is 0. The van der Waals surface area contributed by atoms with Gasteiger partial charge in [-0.3, -0.25) is 0 Å². The Morgan fingerprint density at radius 2 is 2.38 bits per heavy atom. The van der Waals surface area contributed by atoms with Crippen molar-refractivity contribution in [3.05, 3.63) is 18.5 Å². The standard InChI is InChI=1S/C11H15N5/c1-8-2-4-15(7-8)10-3-5-16-11(14-10)9(12)6-13-16/h3,5-6,8H,2,4,7,12H2,1H3. The summed E-state index contributed by atoms with van der Waals surface area (Å²) in [4.78, 5) is 6.86. The SMILES string of the molecule is CC1CCN(c2ccn3ncc(N)c3n2)C1. The molecule has 5 heteroatoms. The van der Waals surface area contributed by atoms with Gasteiger partial charge in [-0.15, -0.1) is 0 Å². The number of hydrogen-bond acceptors (Lipinski definition) is 4. The van der Waals surface area contributed by atoms with Crippen molar-refractivity contribution in [1.29, 1.82) is 0 Å². The number of nitrogens with zero attached hydrogens (tertiary/aromatic N) is 4. The number of nitrogens with two attached hydrogens (primary N) is 1. The fourth-order valence-electron chi connectivity index (χ4n) is 2.20. The topological polar surface area (TPSA) is 59.5 Å². The van der Waals surface area contributed by atoms with Crippen molar-refractivity contribution in [3.8, 4) is 0 Å². The summed E-state index contributed by atoms with van der Waals surface area (Å²) in [5, 5.41) is 4.11. The van der Waals surface area contributed by atoms with Gasteiger partial charge >= 0.3 is 0 Å². The van der Waals surface area contributed by atoms with Gasteiger partial charge in [0.25, 0.3) is 0 Å². The molecule has 5 nitrogen and oxygen atoms in total. The fraction of sp³-hybridized carbons (Fsp3) is 0.455. The van der Waals surface area contributed by atoms with E-state index in [9.17, 15) is 0 Å². The molecule has 0 saturated carbocycles. The van der Waals surface area contributed by atoms with Crippen LogP contribution in [-0.4, -0.2) is 27.7 Å². The average Bonchev–Trinajstić information content (AvgIpc) is 2.86. The number of nitrogen functional groups attached to an aromatic ring is 1. The molecule has 1 fully saturated rings. The Morgan fingerprint density at radius 1 is 1.50 bits per heavy atom. The van der Waals surface area contributed by atoms with E-state index in [1.54, 1.807) is 10.7 Å². The Bertz CT molecular complexity index is 518. The average molecular weight is 217 g/mol. The minimum absolute atomic E-state index is 0.633. The lowest BCUT2D eigenvalue weighted by atomic mass is 10.2. The highest BCUT2D eigenvalue weighted by molar-refractivity contribution is 5.65.